The lowest BCUT2D eigenvalue weighted by atomic mass is 10.00. The van der Waals surface area contributed by atoms with E-state index in [9.17, 15) is 17.6 Å². The predicted octanol–water partition coefficient (Wildman–Crippen LogP) is 5.49. The molecule has 188 valence electrons. The van der Waals surface area contributed by atoms with Gasteiger partial charge in [-0.2, -0.15) is 5.10 Å². The molecule has 0 bridgehead atoms. The lowest BCUT2D eigenvalue weighted by Crippen LogP contribution is -2.16. The Morgan fingerprint density at radius 1 is 1.17 bits per heavy atom. The Hall–Kier alpha value is -3.64. The average Bonchev–Trinajstić information content (AvgIpc) is 3.27. The molecule has 36 heavy (non-hydrogen) atoms. The van der Waals surface area contributed by atoms with Crippen molar-refractivity contribution in [3.05, 3.63) is 64.7 Å². The molecule has 0 radical (unpaired) electrons. The number of nitrogens with zero attached hydrogens (tertiary/aromatic N) is 2. The van der Waals surface area contributed by atoms with Crippen molar-refractivity contribution in [3.63, 3.8) is 0 Å². The average molecular weight is 539 g/mol. The minimum atomic E-state index is -4.50. The van der Waals surface area contributed by atoms with E-state index in [-0.39, 0.29) is 39.7 Å². The summed E-state index contributed by atoms with van der Waals surface area (Å²) in [4.78, 5) is 15.5. The monoisotopic (exact) mass is 538 g/mol. The van der Waals surface area contributed by atoms with Gasteiger partial charge in [0.05, 0.1) is 23.4 Å². The lowest BCUT2D eigenvalue weighted by Gasteiger charge is -2.14. The van der Waals surface area contributed by atoms with Crippen LogP contribution in [0.4, 0.5) is 18.9 Å². The molecule has 8 nitrogen and oxygen atoms in total. The number of hydrogen-bond donors (Lipinski definition) is 2. The lowest BCUT2D eigenvalue weighted by molar-refractivity contribution is 0.0978. The Morgan fingerprint density at radius 2 is 1.92 bits per heavy atom. The standard InChI is InChI=1S/C23H18ClF3N4O4S/c1-3-4-16(32)21-13-6-5-12(19(26)22(13)30-29-21)18-14(25)7-8-15(20(18)27)31-36(33,34)17-9-11(24)10-28-23(17)35-2/h5-10,31H,3-4H2,1-2H3,(H,29,30). The van der Waals surface area contributed by atoms with Crippen molar-refractivity contribution in [1.82, 2.24) is 15.2 Å². The van der Waals surface area contributed by atoms with Gasteiger partial charge in [0, 0.05) is 23.6 Å². The van der Waals surface area contributed by atoms with E-state index in [1.54, 1.807) is 6.92 Å². The van der Waals surface area contributed by atoms with Crippen LogP contribution in [0.1, 0.15) is 30.3 Å². The highest BCUT2D eigenvalue weighted by Crippen LogP contribution is 2.36. The van der Waals surface area contributed by atoms with Crippen molar-refractivity contribution < 1.29 is 31.1 Å². The zero-order chi connectivity index (χ0) is 26.2. The van der Waals surface area contributed by atoms with Crippen molar-refractivity contribution in [3.8, 4) is 17.0 Å². The Bertz CT molecular complexity index is 1610. The van der Waals surface area contributed by atoms with Gasteiger partial charge < -0.3 is 4.74 Å². The fourth-order valence-electron chi connectivity index (χ4n) is 3.64. The summed E-state index contributed by atoms with van der Waals surface area (Å²) >= 11 is 5.84. The van der Waals surface area contributed by atoms with E-state index in [1.807, 2.05) is 4.72 Å². The maximum atomic E-state index is 15.5. The zero-order valence-corrected chi connectivity index (χ0v) is 20.4. The SMILES string of the molecule is CCCC(=O)c1[nH]nc2c(F)c(-c3c(F)ccc(NS(=O)(=O)c4cc(Cl)cnc4OC)c3F)ccc12. The first-order chi connectivity index (χ1) is 17.1. The number of anilines is 1. The highest BCUT2D eigenvalue weighted by Gasteiger charge is 2.27. The molecule has 0 unspecified atom stereocenters. The molecule has 2 heterocycles. The topological polar surface area (TPSA) is 114 Å². The number of ether oxygens (including phenoxy) is 1. The van der Waals surface area contributed by atoms with Crippen molar-refractivity contribution in [2.24, 2.45) is 0 Å². The Labute approximate surface area is 208 Å². The van der Waals surface area contributed by atoms with E-state index >= 15 is 8.78 Å². The summed E-state index contributed by atoms with van der Waals surface area (Å²) in [6.07, 6.45) is 1.93. The van der Waals surface area contributed by atoms with Crippen LogP contribution in [0.25, 0.3) is 22.0 Å². The number of aromatic amines is 1. The first kappa shape index (κ1) is 25.5. The number of aromatic nitrogens is 3. The van der Waals surface area contributed by atoms with Crippen LogP contribution in [0.15, 0.2) is 41.4 Å². The van der Waals surface area contributed by atoms with Gasteiger partial charge >= 0.3 is 0 Å². The van der Waals surface area contributed by atoms with Gasteiger partial charge in [-0.3, -0.25) is 14.6 Å². The number of methoxy groups -OCH3 is 1. The first-order valence-corrected chi connectivity index (χ1v) is 12.4. The molecule has 2 aromatic heterocycles. The Morgan fingerprint density at radius 3 is 2.61 bits per heavy atom. The maximum absolute atomic E-state index is 15.5. The summed E-state index contributed by atoms with van der Waals surface area (Å²) in [7, 11) is -3.32. The van der Waals surface area contributed by atoms with Gasteiger partial charge in [-0.15, -0.1) is 0 Å². The summed E-state index contributed by atoms with van der Waals surface area (Å²) in [5.41, 5.74) is -2.19. The molecule has 0 amide bonds. The maximum Gasteiger partial charge on any atom is 0.267 e. The van der Waals surface area contributed by atoms with E-state index in [0.717, 1.165) is 30.5 Å². The number of hydrogen-bond acceptors (Lipinski definition) is 6. The number of sulfonamides is 1. The number of halogens is 4. The molecule has 0 atom stereocenters. The van der Waals surface area contributed by atoms with Gasteiger partial charge in [0.1, 0.15) is 17.0 Å². The number of ketones is 1. The molecule has 4 rings (SSSR count). The third-order valence-corrected chi connectivity index (χ3v) is 6.86. The molecular formula is C23H18ClF3N4O4S. The second-order valence-electron chi connectivity index (χ2n) is 7.65. The molecule has 2 N–H and O–H groups in total. The van der Waals surface area contributed by atoms with Crippen molar-refractivity contribution in [2.45, 2.75) is 24.7 Å². The second kappa shape index (κ2) is 9.78. The number of rotatable bonds is 8. The van der Waals surface area contributed by atoms with Crippen molar-refractivity contribution >= 4 is 44.0 Å². The number of carbonyl (C=O) groups excluding carboxylic acids is 1. The number of nitrogens with one attached hydrogen (secondary N) is 2. The van der Waals surface area contributed by atoms with E-state index in [1.165, 1.54) is 13.2 Å². The van der Waals surface area contributed by atoms with Crippen molar-refractivity contribution in [2.75, 3.05) is 11.8 Å². The number of carbonyl (C=O) groups is 1. The summed E-state index contributed by atoms with van der Waals surface area (Å²) in [5.74, 6) is -4.19. The summed E-state index contributed by atoms with van der Waals surface area (Å²) < 4.78 is 78.3. The normalized spacial score (nSPS) is 11.6. The van der Waals surface area contributed by atoms with Crippen LogP contribution in [0.2, 0.25) is 5.02 Å². The van der Waals surface area contributed by atoms with Crippen LogP contribution in [0.3, 0.4) is 0 Å². The fourth-order valence-corrected chi connectivity index (χ4v) is 5.07. The molecular weight excluding hydrogens is 521 g/mol. The minimum Gasteiger partial charge on any atom is -0.480 e. The molecule has 4 aromatic rings. The third kappa shape index (κ3) is 4.49. The minimum absolute atomic E-state index is 0.0254. The van der Waals surface area contributed by atoms with E-state index in [2.05, 4.69) is 15.2 Å². The first-order valence-electron chi connectivity index (χ1n) is 10.5. The van der Waals surface area contributed by atoms with Crippen LogP contribution in [-0.2, 0) is 10.0 Å². The summed E-state index contributed by atoms with van der Waals surface area (Å²) in [6, 6.07) is 5.09. The quantitative estimate of drug-likeness (QED) is 0.287. The molecule has 0 aliphatic rings. The largest absolute Gasteiger partial charge is 0.480 e. The van der Waals surface area contributed by atoms with Gasteiger partial charge in [-0.25, -0.2) is 26.6 Å². The van der Waals surface area contributed by atoms with Crippen LogP contribution in [-0.4, -0.2) is 36.5 Å². The van der Waals surface area contributed by atoms with Gasteiger partial charge in [-0.1, -0.05) is 24.6 Å². The molecule has 0 saturated heterocycles. The van der Waals surface area contributed by atoms with Crippen LogP contribution < -0.4 is 9.46 Å². The Balaban J connectivity index is 1.80. The molecule has 0 aliphatic carbocycles. The third-order valence-electron chi connectivity index (χ3n) is 5.29. The van der Waals surface area contributed by atoms with Crippen molar-refractivity contribution in [1.29, 1.82) is 0 Å². The van der Waals surface area contributed by atoms with E-state index in [0.29, 0.717) is 6.42 Å². The number of Topliss-reactive ketones (excluding diaryl/α,β-unsaturated/α-hetero) is 1. The van der Waals surface area contributed by atoms with Crippen LogP contribution in [0, 0.1) is 17.5 Å². The molecule has 0 fully saturated rings. The van der Waals surface area contributed by atoms with Gasteiger partial charge in [0.25, 0.3) is 10.0 Å². The van der Waals surface area contributed by atoms with Gasteiger partial charge in [-0.05, 0) is 30.7 Å². The summed E-state index contributed by atoms with van der Waals surface area (Å²) in [6.45, 7) is 1.81. The van der Waals surface area contributed by atoms with Gasteiger partial charge in [0.2, 0.25) is 5.88 Å². The fraction of sp³-hybridized carbons (Fsp3) is 0.174. The molecule has 0 spiro atoms. The zero-order valence-electron chi connectivity index (χ0n) is 18.8. The van der Waals surface area contributed by atoms with E-state index in [4.69, 9.17) is 16.3 Å². The summed E-state index contributed by atoms with van der Waals surface area (Å²) in [5, 5.41) is 6.42. The highest BCUT2D eigenvalue weighted by atomic mass is 35.5. The van der Waals surface area contributed by atoms with Crippen LogP contribution >= 0.6 is 11.6 Å². The predicted molar refractivity (Wildman–Crippen MR) is 127 cm³/mol. The number of fused-ring (bicyclic) bond motifs is 1. The van der Waals surface area contributed by atoms with Crippen LogP contribution in [0.5, 0.6) is 5.88 Å². The molecule has 2 aromatic carbocycles. The second-order valence-corrected chi connectivity index (χ2v) is 9.73. The molecule has 13 heteroatoms. The Kier molecular flexibility index (Phi) is 6.92. The highest BCUT2D eigenvalue weighted by molar-refractivity contribution is 7.92. The smallest absolute Gasteiger partial charge is 0.267 e. The number of H-pyrrole nitrogens is 1. The molecule has 0 aliphatic heterocycles. The van der Waals surface area contributed by atoms with E-state index < -0.39 is 49.2 Å². The number of pyridine rings is 1. The molecule has 0 saturated carbocycles. The van der Waals surface area contributed by atoms with Gasteiger partial charge in [0.15, 0.2) is 22.3 Å². The number of benzene rings is 2.